The predicted octanol–water partition coefficient (Wildman–Crippen LogP) is 4.29. The zero-order valence-corrected chi connectivity index (χ0v) is 17.0. The van der Waals surface area contributed by atoms with Crippen molar-refractivity contribution in [3.63, 3.8) is 0 Å². The van der Waals surface area contributed by atoms with Gasteiger partial charge in [-0.15, -0.1) is 0 Å². The molecule has 2 aromatic rings. The number of morpholine rings is 1. The van der Waals surface area contributed by atoms with Gasteiger partial charge in [-0.25, -0.2) is 0 Å². The lowest BCUT2D eigenvalue weighted by molar-refractivity contribution is -0.166. The van der Waals surface area contributed by atoms with E-state index in [1.165, 1.54) is 0 Å². The first kappa shape index (κ1) is 20.6. The van der Waals surface area contributed by atoms with Gasteiger partial charge in [0.25, 0.3) is 0 Å². The average Bonchev–Trinajstić information content (AvgIpc) is 2.67. The maximum atomic E-state index is 12.8. The molecule has 1 aliphatic rings. The minimum absolute atomic E-state index is 0.120. The molecule has 28 heavy (non-hydrogen) atoms. The van der Waals surface area contributed by atoms with Crippen LogP contribution in [-0.4, -0.2) is 29.4 Å². The fourth-order valence-electron chi connectivity index (χ4n) is 3.61. The number of hydrogen-bond donors (Lipinski definition) is 1. The molecule has 2 aromatic carbocycles. The summed E-state index contributed by atoms with van der Waals surface area (Å²) in [6, 6.07) is 13.3. The normalized spacial score (nSPS) is 20.8. The highest BCUT2D eigenvalue weighted by Gasteiger charge is 2.43. The molecule has 1 fully saturated rings. The highest BCUT2D eigenvalue weighted by molar-refractivity contribution is 6.30. The van der Waals surface area contributed by atoms with E-state index in [1.807, 2.05) is 31.2 Å². The van der Waals surface area contributed by atoms with Gasteiger partial charge in [-0.05, 0) is 41.8 Å². The van der Waals surface area contributed by atoms with Gasteiger partial charge in [0.15, 0.2) is 0 Å². The zero-order valence-electron chi connectivity index (χ0n) is 15.5. The van der Waals surface area contributed by atoms with Crippen LogP contribution < -0.4 is 5.73 Å². The maximum Gasteiger partial charge on any atom is 0.249 e. The van der Waals surface area contributed by atoms with Gasteiger partial charge in [-0.2, -0.15) is 0 Å². The van der Waals surface area contributed by atoms with Gasteiger partial charge in [0.1, 0.15) is 18.8 Å². The minimum atomic E-state index is -0.711. The number of halogens is 2. The number of amides is 2. The molecule has 5 nitrogen and oxygen atoms in total. The van der Waals surface area contributed by atoms with Gasteiger partial charge in [-0.3, -0.25) is 9.59 Å². The fourth-order valence-corrected chi connectivity index (χ4v) is 3.87. The highest BCUT2D eigenvalue weighted by atomic mass is 35.5. The third kappa shape index (κ3) is 4.32. The summed E-state index contributed by atoms with van der Waals surface area (Å²) in [6.07, 6.45) is 0.741. The van der Waals surface area contributed by atoms with Crippen LogP contribution in [0.2, 0.25) is 10.0 Å². The van der Waals surface area contributed by atoms with E-state index in [4.69, 9.17) is 33.7 Å². The first-order chi connectivity index (χ1) is 13.4. The summed E-state index contributed by atoms with van der Waals surface area (Å²) >= 11 is 12.1. The molecule has 0 saturated carbocycles. The van der Waals surface area contributed by atoms with E-state index in [9.17, 15) is 9.59 Å². The van der Waals surface area contributed by atoms with Crippen LogP contribution in [0.4, 0.5) is 0 Å². The number of ether oxygens (including phenoxy) is 1. The molecule has 0 radical (unpaired) electrons. The van der Waals surface area contributed by atoms with Gasteiger partial charge in [0, 0.05) is 10.0 Å². The Bertz CT molecular complexity index is 840. The lowest BCUT2D eigenvalue weighted by Gasteiger charge is -2.44. The van der Waals surface area contributed by atoms with Crippen LogP contribution in [0.5, 0.6) is 0 Å². The standard InChI is InChI=1S/C21H22Cl2N2O3/c1-2-3-17(21(24)27)25-18(26)12-28-20(14-6-10-16(23)11-7-14)19(25)13-4-8-15(22)9-5-13/h4-11,17,19-20H,2-3,12H2,1H3,(H2,24,27)/t17-,19-,20+/m1/s1. The summed E-state index contributed by atoms with van der Waals surface area (Å²) in [6.45, 7) is 1.83. The zero-order chi connectivity index (χ0) is 20.3. The van der Waals surface area contributed by atoms with E-state index in [0.717, 1.165) is 17.5 Å². The number of hydrogen-bond acceptors (Lipinski definition) is 3. The Kier molecular flexibility index (Phi) is 6.60. The number of benzene rings is 2. The topological polar surface area (TPSA) is 72.6 Å². The van der Waals surface area contributed by atoms with E-state index in [1.54, 1.807) is 29.2 Å². The van der Waals surface area contributed by atoms with Crippen molar-refractivity contribution < 1.29 is 14.3 Å². The Balaban J connectivity index is 2.11. The second kappa shape index (κ2) is 8.95. The predicted molar refractivity (Wildman–Crippen MR) is 109 cm³/mol. The van der Waals surface area contributed by atoms with Crippen molar-refractivity contribution in [1.29, 1.82) is 0 Å². The summed E-state index contributed by atoms with van der Waals surface area (Å²) < 4.78 is 5.93. The van der Waals surface area contributed by atoms with Gasteiger partial charge < -0.3 is 15.4 Å². The molecule has 148 valence electrons. The van der Waals surface area contributed by atoms with E-state index < -0.39 is 24.1 Å². The van der Waals surface area contributed by atoms with E-state index in [-0.39, 0.29) is 12.5 Å². The molecular formula is C21H22Cl2N2O3. The molecule has 0 bridgehead atoms. The first-order valence-corrected chi connectivity index (χ1v) is 9.91. The van der Waals surface area contributed by atoms with Gasteiger partial charge >= 0.3 is 0 Å². The number of primary amides is 1. The summed E-state index contributed by atoms with van der Waals surface area (Å²) in [7, 11) is 0. The van der Waals surface area contributed by atoms with Crippen LogP contribution >= 0.6 is 23.2 Å². The van der Waals surface area contributed by atoms with Crippen molar-refractivity contribution in [2.24, 2.45) is 5.73 Å². The quantitative estimate of drug-likeness (QED) is 0.757. The second-order valence-corrected chi connectivity index (χ2v) is 7.66. The van der Waals surface area contributed by atoms with Crippen LogP contribution in [-0.2, 0) is 14.3 Å². The number of carbonyl (C=O) groups is 2. The molecule has 2 amide bonds. The van der Waals surface area contributed by atoms with Crippen molar-refractivity contribution in [1.82, 2.24) is 4.90 Å². The molecule has 7 heteroatoms. The molecule has 0 aromatic heterocycles. The molecule has 1 aliphatic heterocycles. The van der Waals surface area contributed by atoms with Crippen molar-refractivity contribution >= 4 is 35.0 Å². The molecule has 3 atom stereocenters. The van der Waals surface area contributed by atoms with Gasteiger partial charge in [0.2, 0.25) is 11.8 Å². The molecule has 2 N–H and O–H groups in total. The van der Waals surface area contributed by atoms with Crippen molar-refractivity contribution in [3.05, 3.63) is 69.7 Å². The van der Waals surface area contributed by atoms with Crippen LogP contribution in [0, 0.1) is 0 Å². The van der Waals surface area contributed by atoms with Crippen molar-refractivity contribution in [2.75, 3.05) is 6.61 Å². The summed E-state index contributed by atoms with van der Waals surface area (Å²) in [5.41, 5.74) is 7.35. The molecule has 0 aliphatic carbocycles. The van der Waals surface area contributed by atoms with Gasteiger partial charge in [0.05, 0.1) is 6.04 Å². The third-order valence-corrected chi connectivity index (χ3v) is 5.40. The third-order valence-electron chi connectivity index (χ3n) is 4.90. The lowest BCUT2D eigenvalue weighted by atomic mass is 9.90. The SMILES string of the molecule is CCC[C@H](C(N)=O)N1C(=O)CO[C@@H](c2ccc(Cl)cc2)[C@H]1c1ccc(Cl)cc1. The van der Waals surface area contributed by atoms with Crippen LogP contribution in [0.3, 0.4) is 0 Å². The number of nitrogens with two attached hydrogens (primary N) is 1. The fraction of sp³-hybridized carbons (Fsp3) is 0.333. The van der Waals surface area contributed by atoms with Crippen molar-refractivity contribution in [2.45, 2.75) is 38.0 Å². The lowest BCUT2D eigenvalue weighted by Crippen LogP contribution is -2.55. The smallest absolute Gasteiger partial charge is 0.249 e. The van der Waals surface area contributed by atoms with E-state index in [2.05, 4.69) is 0 Å². The second-order valence-electron chi connectivity index (χ2n) is 6.79. The Morgan fingerprint density at radius 2 is 1.64 bits per heavy atom. The molecule has 1 saturated heterocycles. The molecule has 0 unspecified atom stereocenters. The summed E-state index contributed by atoms with van der Waals surface area (Å²) in [5.74, 6) is -0.784. The van der Waals surface area contributed by atoms with Crippen LogP contribution in [0.25, 0.3) is 0 Å². The average molecular weight is 421 g/mol. The molecular weight excluding hydrogens is 399 g/mol. The van der Waals surface area contributed by atoms with E-state index in [0.29, 0.717) is 16.5 Å². The summed E-state index contributed by atoms with van der Waals surface area (Å²) in [5, 5.41) is 1.19. The Hall–Kier alpha value is -2.08. The van der Waals surface area contributed by atoms with Crippen LogP contribution in [0.1, 0.15) is 43.0 Å². The highest BCUT2D eigenvalue weighted by Crippen LogP contribution is 2.42. The number of rotatable bonds is 6. The summed E-state index contributed by atoms with van der Waals surface area (Å²) in [4.78, 5) is 26.6. The number of nitrogens with zero attached hydrogens (tertiary/aromatic N) is 1. The number of carbonyl (C=O) groups excluding carboxylic acids is 2. The molecule has 1 heterocycles. The van der Waals surface area contributed by atoms with Gasteiger partial charge in [-0.1, -0.05) is 60.8 Å². The Morgan fingerprint density at radius 3 is 2.14 bits per heavy atom. The van der Waals surface area contributed by atoms with Crippen LogP contribution in [0.15, 0.2) is 48.5 Å². The molecule has 3 rings (SSSR count). The van der Waals surface area contributed by atoms with E-state index >= 15 is 0 Å². The largest absolute Gasteiger partial charge is 0.368 e. The Morgan fingerprint density at radius 1 is 1.11 bits per heavy atom. The molecule has 0 spiro atoms. The Labute approximate surface area is 174 Å². The monoisotopic (exact) mass is 420 g/mol. The minimum Gasteiger partial charge on any atom is -0.368 e. The maximum absolute atomic E-state index is 12.8. The first-order valence-electron chi connectivity index (χ1n) is 9.15. The van der Waals surface area contributed by atoms with Crippen molar-refractivity contribution in [3.8, 4) is 0 Å².